The minimum Gasteiger partial charge on any atom is -0.310 e. The molecule has 99 heavy (non-hydrogen) atoms. The average molecular weight is 1290 g/mol. The Labute approximate surface area is 586 Å². The van der Waals surface area contributed by atoms with Crippen LogP contribution in [-0.4, -0.2) is 30.8 Å². The summed E-state index contributed by atoms with van der Waals surface area (Å²) in [5.41, 5.74) is 29.8. The number of benzene rings is 11. The van der Waals surface area contributed by atoms with E-state index in [1.165, 1.54) is 93.4 Å². The molecule has 0 saturated carbocycles. The van der Waals surface area contributed by atoms with Crippen molar-refractivity contribution < 1.29 is 0 Å². The summed E-state index contributed by atoms with van der Waals surface area (Å²) >= 11 is 0. The van der Waals surface area contributed by atoms with Gasteiger partial charge < -0.3 is 9.13 Å². The molecule has 0 spiro atoms. The van der Waals surface area contributed by atoms with Crippen LogP contribution in [0.5, 0.6) is 0 Å². The van der Waals surface area contributed by atoms with Crippen molar-refractivity contribution in [2.75, 3.05) is 0 Å². The van der Waals surface area contributed by atoms with Crippen molar-refractivity contribution in [3.63, 3.8) is 0 Å². The Morgan fingerprint density at radius 2 is 0.535 bits per heavy atom. The maximum atomic E-state index is 5.92. The van der Waals surface area contributed by atoms with Gasteiger partial charge in [-0.05, 0) is 187 Å². The molecular weight excluding hydrogens is 1200 g/mol. The van der Waals surface area contributed by atoms with Gasteiger partial charge in [-0.25, -0.2) is 15.0 Å². The maximum absolute atomic E-state index is 5.92. The highest BCUT2D eigenvalue weighted by Crippen LogP contribution is 2.51. The minimum atomic E-state index is -0.198. The van der Waals surface area contributed by atoms with Crippen LogP contribution in [0, 0.1) is 0 Å². The third-order valence-corrected chi connectivity index (χ3v) is 21.3. The summed E-state index contributed by atoms with van der Waals surface area (Å²) < 4.78 is 5.43. The second-order valence-electron chi connectivity index (χ2n) is 34.6. The van der Waals surface area contributed by atoms with E-state index >= 15 is 0 Å². The summed E-state index contributed by atoms with van der Waals surface area (Å²) in [6.45, 7) is 43.0. The van der Waals surface area contributed by atoms with Gasteiger partial charge in [0.15, 0.2) is 17.5 Å². The standard InChI is InChI=1S/C93H90BN5/c1-88(2,3)66-51-70(92(13,14)15)78-74(53-66)98-76-49-65(50-77-82(76)94(72-41-39-68(90(7,8)9)80(78)83(72)98)73-42-40-69(91(10,11)12)81-79-71(93(16,17)18)52-67(89(4,5)6)54-75(79)99(77)84(73)81)87-96-85(63-45-59(55-31-23-19-24-32-55)43-60(46-63)56-33-25-20-26-34-56)95-86(97-87)64-47-61(57-35-27-21-28-36-57)44-62(48-64)58-37-29-22-30-38-58/h19-54H,1-18H3. The van der Waals surface area contributed by atoms with Gasteiger partial charge in [0, 0.05) is 60.6 Å². The Bertz CT molecular complexity index is 5170. The molecule has 0 radical (unpaired) electrons. The highest BCUT2D eigenvalue weighted by Gasteiger charge is 2.45. The molecule has 5 heterocycles. The largest absolute Gasteiger partial charge is 0.310 e. The normalized spacial score (nSPS) is 13.3. The van der Waals surface area contributed by atoms with E-state index in [9.17, 15) is 0 Å². The molecule has 0 N–H and O–H groups in total. The minimum absolute atomic E-state index is 0.121. The Morgan fingerprint density at radius 1 is 0.253 bits per heavy atom. The molecule has 0 bridgehead atoms. The zero-order valence-corrected chi connectivity index (χ0v) is 61.1. The van der Waals surface area contributed by atoms with Gasteiger partial charge in [-0.3, -0.25) is 0 Å². The summed E-state index contributed by atoms with van der Waals surface area (Å²) in [6.07, 6.45) is 0. The molecule has 0 unspecified atom stereocenters. The van der Waals surface area contributed by atoms with E-state index in [2.05, 4.69) is 352 Å². The fourth-order valence-corrected chi connectivity index (χ4v) is 16.2. The number of aromatic nitrogens is 5. The number of rotatable bonds is 7. The molecule has 0 amide bonds. The Hall–Kier alpha value is -9.91. The van der Waals surface area contributed by atoms with E-state index in [1.54, 1.807) is 0 Å². The van der Waals surface area contributed by atoms with Crippen LogP contribution in [0.4, 0.5) is 0 Å². The first-order valence-electron chi connectivity index (χ1n) is 35.7. The predicted octanol–water partition coefficient (Wildman–Crippen LogP) is 22.7. The van der Waals surface area contributed by atoms with Gasteiger partial charge in [0.2, 0.25) is 0 Å². The topological polar surface area (TPSA) is 48.5 Å². The second kappa shape index (κ2) is 22.3. The van der Waals surface area contributed by atoms with Crippen molar-refractivity contribution in [3.05, 3.63) is 252 Å². The lowest BCUT2D eigenvalue weighted by atomic mass is 9.34. The van der Waals surface area contributed by atoms with Crippen LogP contribution in [0.15, 0.2) is 218 Å². The molecule has 2 aliphatic heterocycles. The van der Waals surface area contributed by atoms with Gasteiger partial charge in [0.1, 0.15) is 0 Å². The van der Waals surface area contributed by atoms with E-state index in [4.69, 9.17) is 15.0 Å². The number of fused-ring (bicyclic) bond motifs is 10. The SMILES string of the molecule is CC(C)(C)c1cc(C(C)(C)C)c2c3c(C(C)(C)C)ccc4c3n(c2c1)-c1cc(-c2nc(-c3cc(-c5ccccc5)cc(-c5ccccc5)c3)nc(-c3cc(-c5ccccc5)cc(-c5ccccc5)c3)n2)cc2c1B4c1ccc(C(C)(C)C)c3c4c(C(C)(C)C)cc(C(C)(C)C)cc4n-2c13. The van der Waals surface area contributed by atoms with Gasteiger partial charge >= 0.3 is 0 Å². The van der Waals surface area contributed by atoms with Gasteiger partial charge in [-0.15, -0.1) is 0 Å². The smallest absolute Gasteiger partial charge is 0.252 e. The quantitative estimate of drug-likeness (QED) is 0.149. The summed E-state index contributed by atoms with van der Waals surface area (Å²) in [6, 6.07) is 81.8. The highest BCUT2D eigenvalue weighted by atomic mass is 15.1. The van der Waals surface area contributed by atoms with Crippen molar-refractivity contribution >= 4 is 66.7 Å². The zero-order valence-electron chi connectivity index (χ0n) is 61.1. The first-order valence-corrected chi connectivity index (χ1v) is 35.7. The van der Waals surface area contributed by atoms with Crippen LogP contribution in [-0.2, 0) is 32.5 Å². The molecule has 0 fully saturated rings. The molecule has 2 aliphatic rings. The lowest BCUT2D eigenvalue weighted by Crippen LogP contribution is -2.59. The molecule has 16 rings (SSSR count). The second-order valence-corrected chi connectivity index (χ2v) is 34.6. The summed E-state index contributed by atoms with van der Waals surface area (Å²) in [5.74, 6) is 1.79. The molecule has 0 aliphatic carbocycles. The number of hydrogen-bond acceptors (Lipinski definition) is 3. The van der Waals surface area contributed by atoms with Crippen molar-refractivity contribution in [2.24, 2.45) is 0 Å². The monoisotopic (exact) mass is 1290 g/mol. The van der Waals surface area contributed by atoms with Gasteiger partial charge in [0.05, 0.1) is 11.0 Å². The Balaban J connectivity index is 1.11. The fourth-order valence-electron chi connectivity index (χ4n) is 16.2. The zero-order chi connectivity index (χ0) is 69.4. The van der Waals surface area contributed by atoms with Gasteiger partial charge in [-0.1, -0.05) is 282 Å². The van der Waals surface area contributed by atoms with E-state index in [0.717, 1.165) is 72.6 Å². The summed E-state index contributed by atoms with van der Waals surface area (Å²) in [5, 5.41) is 5.37. The Kier molecular flexibility index (Phi) is 14.4. The van der Waals surface area contributed by atoms with E-state index in [1.807, 2.05) is 0 Å². The van der Waals surface area contributed by atoms with Crippen molar-refractivity contribution in [3.8, 4) is 90.0 Å². The molecule has 6 heteroatoms. The van der Waals surface area contributed by atoms with Crippen molar-refractivity contribution in [1.29, 1.82) is 0 Å². The van der Waals surface area contributed by atoms with Crippen LogP contribution >= 0.6 is 0 Å². The van der Waals surface area contributed by atoms with Crippen molar-refractivity contribution in [1.82, 2.24) is 24.1 Å². The predicted molar refractivity (Wildman–Crippen MR) is 423 cm³/mol. The van der Waals surface area contributed by atoms with Gasteiger partial charge in [-0.2, -0.15) is 0 Å². The molecule has 11 aromatic carbocycles. The average Bonchev–Trinajstić information content (AvgIpc) is 1.53. The van der Waals surface area contributed by atoms with E-state index in [0.29, 0.717) is 17.5 Å². The number of nitrogens with zero attached hydrogens (tertiary/aromatic N) is 5. The first-order chi connectivity index (χ1) is 46.9. The summed E-state index contributed by atoms with van der Waals surface area (Å²) in [4.78, 5) is 17.6. The molecular formula is C93H90BN5. The molecule has 0 atom stereocenters. The van der Waals surface area contributed by atoms with Crippen LogP contribution in [0.2, 0.25) is 0 Å². The lowest BCUT2D eigenvalue weighted by Gasteiger charge is -2.35. The molecule has 3 aromatic heterocycles. The molecule has 5 nitrogen and oxygen atoms in total. The van der Waals surface area contributed by atoms with Crippen molar-refractivity contribution in [2.45, 2.75) is 157 Å². The molecule has 490 valence electrons. The lowest BCUT2D eigenvalue weighted by molar-refractivity contribution is 0.572. The first kappa shape index (κ1) is 63.8. The third kappa shape index (κ3) is 10.6. The molecule has 0 saturated heterocycles. The van der Waals surface area contributed by atoms with E-state index < -0.39 is 0 Å². The van der Waals surface area contributed by atoms with Gasteiger partial charge in [0.25, 0.3) is 6.71 Å². The Morgan fingerprint density at radius 3 is 0.818 bits per heavy atom. The van der Waals surface area contributed by atoms with Crippen LogP contribution in [0.3, 0.4) is 0 Å². The number of hydrogen-bond donors (Lipinski definition) is 0. The van der Waals surface area contributed by atoms with E-state index in [-0.39, 0.29) is 39.2 Å². The maximum Gasteiger partial charge on any atom is 0.252 e. The summed E-state index contributed by atoms with van der Waals surface area (Å²) in [7, 11) is 0. The fraction of sp³-hybridized carbons (Fsp3) is 0.258. The third-order valence-electron chi connectivity index (χ3n) is 21.3. The van der Waals surface area contributed by atoms with Crippen LogP contribution in [0.25, 0.3) is 134 Å². The molecule has 14 aromatic rings. The van der Waals surface area contributed by atoms with Crippen LogP contribution in [0.1, 0.15) is 158 Å². The highest BCUT2D eigenvalue weighted by molar-refractivity contribution is 7.00. The van der Waals surface area contributed by atoms with Crippen LogP contribution < -0.4 is 16.4 Å².